The van der Waals surface area contributed by atoms with Gasteiger partial charge in [-0.1, -0.05) is 37.1 Å². The highest BCUT2D eigenvalue weighted by Gasteiger charge is 2.15. The molecule has 2 N–H and O–H groups in total. The molecular weight excluding hydrogens is 423 g/mol. The van der Waals surface area contributed by atoms with Crippen LogP contribution in [0.5, 0.6) is 0 Å². The van der Waals surface area contributed by atoms with Crippen LogP contribution in [0, 0.1) is 18.3 Å². The number of terminal acetylenes is 1. The van der Waals surface area contributed by atoms with Gasteiger partial charge in [0.2, 0.25) is 0 Å². The summed E-state index contributed by atoms with van der Waals surface area (Å²) in [5.41, 5.74) is 2.61. The fourth-order valence-corrected chi connectivity index (χ4v) is 2.95. The average molecular weight is 454 g/mol. The van der Waals surface area contributed by atoms with Crippen LogP contribution in [0.4, 0.5) is 0 Å². The number of hydrogen-bond acceptors (Lipinski definition) is 2. The number of rotatable bonds is 6. The van der Waals surface area contributed by atoms with E-state index < -0.39 is 0 Å². The minimum Gasteiger partial charge on any atom is -0.357 e. The van der Waals surface area contributed by atoms with Crippen molar-refractivity contribution >= 4 is 29.9 Å². The standard InChI is InChI=1S/C20H30N4.HI/c1-4-11-22-20(21-5-2)23-15-18-7-6-8-19(14-18)16-24-12-9-17(3)10-13-24;/h1,6-8,14,17H,5,9-13,15-16H2,2-3H3,(H2,21,22,23);1H. The number of nitrogens with zero attached hydrogens (tertiary/aromatic N) is 2. The van der Waals surface area contributed by atoms with Gasteiger partial charge in [-0.05, 0) is 49.9 Å². The molecule has 5 heteroatoms. The molecular formula is C20H31IN4. The van der Waals surface area contributed by atoms with E-state index in [0.29, 0.717) is 13.1 Å². The van der Waals surface area contributed by atoms with Crippen LogP contribution in [0.3, 0.4) is 0 Å². The molecule has 0 unspecified atom stereocenters. The predicted molar refractivity (Wildman–Crippen MR) is 117 cm³/mol. The van der Waals surface area contributed by atoms with Gasteiger partial charge in [0.25, 0.3) is 0 Å². The van der Waals surface area contributed by atoms with Crippen LogP contribution >= 0.6 is 24.0 Å². The van der Waals surface area contributed by atoms with Gasteiger partial charge in [0.05, 0.1) is 13.1 Å². The molecule has 0 aromatic heterocycles. The Morgan fingerprint density at radius 2 is 2.00 bits per heavy atom. The Labute approximate surface area is 169 Å². The Morgan fingerprint density at radius 3 is 2.68 bits per heavy atom. The summed E-state index contributed by atoms with van der Waals surface area (Å²) in [5, 5.41) is 6.33. The van der Waals surface area contributed by atoms with E-state index in [1.165, 1.54) is 37.1 Å². The minimum absolute atomic E-state index is 0. The number of piperidine rings is 1. The third-order valence-electron chi connectivity index (χ3n) is 4.40. The smallest absolute Gasteiger partial charge is 0.192 e. The highest BCUT2D eigenvalue weighted by molar-refractivity contribution is 14.0. The molecule has 0 radical (unpaired) electrons. The number of benzene rings is 1. The number of halogens is 1. The third-order valence-corrected chi connectivity index (χ3v) is 4.40. The van der Waals surface area contributed by atoms with Gasteiger partial charge < -0.3 is 10.6 Å². The van der Waals surface area contributed by atoms with E-state index >= 15 is 0 Å². The maximum absolute atomic E-state index is 5.30. The van der Waals surface area contributed by atoms with E-state index in [4.69, 9.17) is 6.42 Å². The quantitative estimate of drug-likeness (QED) is 0.300. The Kier molecular flexibility index (Phi) is 10.6. The van der Waals surface area contributed by atoms with Crippen molar-refractivity contribution in [2.75, 3.05) is 26.2 Å². The molecule has 1 aliphatic rings. The van der Waals surface area contributed by atoms with Gasteiger partial charge in [-0.2, -0.15) is 0 Å². The lowest BCUT2D eigenvalue weighted by atomic mass is 9.98. The van der Waals surface area contributed by atoms with Gasteiger partial charge in [0.15, 0.2) is 5.96 Å². The van der Waals surface area contributed by atoms with Crippen molar-refractivity contribution in [3.63, 3.8) is 0 Å². The zero-order valence-electron chi connectivity index (χ0n) is 15.4. The first-order chi connectivity index (χ1) is 11.7. The van der Waals surface area contributed by atoms with Crippen molar-refractivity contribution < 1.29 is 0 Å². The molecule has 4 nitrogen and oxygen atoms in total. The molecule has 2 rings (SSSR count). The summed E-state index contributed by atoms with van der Waals surface area (Å²) in [6.07, 6.45) is 7.93. The van der Waals surface area contributed by atoms with Crippen molar-refractivity contribution in [1.29, 1.82) is 0 Å². The number of aliphatic imine (C=N–C) groups is 1. The first kappa shape index (κ1) is 21.8. The van der Waals surface area contributed by atoms with E-state index in [1.807, 2.05) is 6.92 Å². The van der Waals surface area contributed by atoms with E-state index in [-0.39, 0.29) is 24.0 Å². The molecule has 138 valence electrons. The van der Waals surface area contributed by atoms with Crippen molar-refractivity contribution in [3.8, 4) is 12.3 Å². The highest BCUT2D eigenvalue weighted by atomic mass is 127. The summed E-state index contributed by atoms with van der Waals surface area (Å²) in [4.78, 5) is 7.16. The Hall–Kier alpha value is -1.26. The van der Waals surface area contributed by atoms with Gasteiger partial charge in [-0.25, -0.2) is 4.99 Å². The second-order valence-corrected chi connectivity index (χ2v) is 6.53. The highest BCUT2D eigenvalue weighted by Crippen LogP contribution is 2.18. The first-order valence-corrected chi connectivity index (χ1v) is 8.97. The van der Waals surface area contributed by atoms with E-state index in [2.05, 4.69) is 57.6 Å². The van der Waals surface area contributed by atoms with E-state index in [1.54, 1.807) is 0 Å². The lowest BCUT2D eigenvalue weighted by Gasteiger charge is -2.30. The number of nitrogens with one attached hydrogen (secondary N) is 2. The monoisotopic (exact) mass is 454 g/mol. The second-order valence-electron chi connectivity index (χ2n) is 6.53. The van der Waals surface area contributed by atoms with Gasteiger partial charge in [-0.3, -0.25) is 4.90 Å². The summed E-state index contributed by atoms with van der Waals surface area (Å²) in [6, 6.07) is 8.75. The zero-order chi connectivity index (χ0) is 17.2. The maximum Gasteiger partial charge on any atom is 0.192 e. The summed E-state index contributed by atoms with van der Waals surface area (Å²) < 4.78 is 0. The molecule has 0 saturated carbocycles. The Morgan fingerprint density at radius 1 is 1.28 bits per heavy atom. The minimum atomic E-state index is 0. The molecule has 25 heavy (non-hydrogen) atoms. The molecule has 1 aromatic carbocycles. The number of guanidine groups is 1. The zero-order valence-corrected chi connectivity index (χ0v) is 17.8. The van der Waals surface area contributed by atoms with Crippen LogP contribution in [0.25, 0.3) is 0 Å². The van der Waals surface area contributed by atoms with Gasteiger partial charge in [0.1, 0.15) is 0 Å². The van der Waals surface area contributed by atoms with Crippen molar-refractivity contribution in [3.05, 3.63) is 35.4 Å². The maximum atomic E-state index is 5.30. The SMILES string of the molecule is C#CCNC(=NCc1cccc(CN2CCC(C)CC2)c1)NCC.I. The molecule has 0 amide bonds. The molecule has 0 bridgehead atoms. The van der Waals surface area contributed by atoms with Crippen molar-refractivity contribution in [2.45, 2.75) is 39.8 Å². The molecule has 1 heterocycles. The summed E-state index contributed by atoms with van der Waals surface area (Å²) in [7, 11) is 0. The average Bonchev–Trinajstić information content (AvgIpc) is 2.60. The molecule has 1 aliphatic heterocycles. The third kappa shape index (κ3) is 8.10. The van der Waals surface area contributed by atoms with Crippen LogP contribution in [0.15, 0.2) is 29.3 Å². The van der Waals surface area contributed by atoms with Crippen LogP contribution in [-0.4, -0.2) is 37.0 Å². The topological polar surface area (TPSA) is 39.7 Å². The van der Waals surface area contributed by atoms with Gasteiger partial charge in [0, 0.05) is 13.1 Å². The summed E-state index contributed by atoms with van der Waals surface area (Å²) in [5.74, 6) is 4.22. The van der Waals surface area contributed by atoms with Crippen LogP contribution in [0.1, 0.15) is 37.8 Å². The first-order valence-electron chi connectivity index (χ1n) is 8.97. The molecule has 0 atom stereocenters. The lowest BCUT2D eigenvalue weighted by molar-refractivity contribution is 0.185. The van der Waals surface area contributed by atoms with Gasteiger partial charge >= 0.3 is 0 Å². The fraction of sp³-hybridized carbons (Fsp3) is 0.550. The summed E-state index contributed by atoms with van der Waals surface area (Å²) >= 11 is 0. The van der Waals surface area contributed by atoms with Crippen molar-refractivity contribution in [2.24, 2.45) is 10.9 Å². The molecule has 1 aromatic rings. The largest absolute Gasteiger partial charge is 0.357 e. The second kappa shape index (κ2) is 12.2. The number of hydrogen-bond donors (Lipinski definition) is 2. The Balaban J connectivity index is 0.00000312. The normalized spacial score (nSPS) is 16.0. The van der Waals surface area contributed by atoms with Crippen LogP contribution in [-0.2, 0) is 13.1 Å². The predicted octanol–water partition coefficient (Wildman–Crippen LogP) is 3.22. The number of likely N-dealkylation sites (tertiary alicyclic amines) is 1. The molecule has 1 saturated heterocycles. The van der Waals surface area contributed by atoms with Crippen molar-refractivity contribution in [1.82, 2.24) is 15.5 Å². The Bertz CT molecular complexity index is 571. The fourth-order valence-electron chi connectivity index (χ4n) is 2.95. The van der Waals surface area contributed by atoms with E-state index in [0.717, 1.165) is 25.0 Å². The van der Waals surface area contributed by atoms with Crippen LogP contribution in [0.2, 0.25) is 0 Å². The van der Waals surface area contributed by atoms with E-state index in [9.17, 15) is 0 Å². The molecule has 1 fully saturated rings. The van der Waals surface area contributed by atoms with Gasteiger partial charge in [-0.15, -0.1) is 30.4 Å². The molecule has 0 aliphatic carbocycles. The van der Waals surface area contributed by atoms with Crippen LogP contribution < -0.4 is 10.6 Å². The summed E-state index contributed by atoms with van der Waals surface area (Å²) in [6.45, 7) is 9.83. The lowest BCUT2D eigenvalue weighted by Crippen LogP contribution is -2.37. The molecule has 0 spiro atoms.